The molecule has 2 aromatic carbocycles. The molecule has 0 heterocycles. The van der Waals surface area contributed by atoms with Gasteiger partial charge >= 0.3 is 0 Å². The van der Waals surface area contributed by atoms with Crippen molar-refractivity contribution >= 4 is 17.5 Å². The second kappa shape index (κ2) is 10.3. The molecule has 0 bridgehead atoms. The topological polar surface area (TPSA) is 67.9 Å². The number of nitrogens with zero attached hydrogens (tertiary/aromatic N) is 1. The molecule has 6 heteroatoms. The Labute approximate surface area is 166 Å². The summed E-state index contributed by atoms with van der Waals surface area (Å²) in [6.45, 7) is 5.48. The molecule has 0 saturated carbocycles. The third kappa shape index (κ3) is 5.25. The van der Waals surface area contributed by atoms with Crippen LogP contribution in [0.2, 0.25) is 0 Å². The second-order valence-corrected chi connectivity index (χ2v) is 6.39. The van der Waals surface area contributed by atoms with E-state index in [0.717, 1.165) is 12.8 Å². The van der Waals surface area contributed by atoms with Gasteiger partial charge in [0.1, 0.15) is 11.5 Å². The highest BCUT2D eigenvalue weighted by molar-refractivity contribution is 6.06. The molecule has 2 rings (SSSR count). The van der Waals surface area contributed by atoms with Crippen molar-refractivity contribution in [3.05, 3.63) is 53.6 Å². The fraction of sp³-hybridized carbons (Fsp3) is 0.364. The summed E-state index contributed by atoms with van der Waals surface area (Å²) in [6.07, 6.45) is 1.78. The van der Waals surface area contributed by atoms with Crippen molar-refractivity contribution in [3.63, 3.8) is 0 Å². The Morgan fingerprint density at radius 2 is 1.61 bits per heavy atom. The van der Waals surface area contributed by atoms with Gasteiger partial charge in [0.25, 0.3) is 11.8 Å². The maximum absolute atomic E-state index is 12.8. The van der Waals surface area contributed by atoms with E-state index in [1.807, 2.05) is 18.7 Å². The summed E-state index contributed by atoms with van der Waals surface area (Å²) in [5, 5.41) is 2.83. The maximum atomic E-state index is 12.8. The normalized spacial score (nSPS) is 10.3. The number of carbonyl (C=O) groups excluding carboxylic acids is 2. The summed E-state index contributed by atoms with van der Waals surface area (Å²) in [7, 11) is 3.09. The first-order chi connectivity index (χ1) is 13.5. The molecule has 150 valence electrons. The highest BCUT2D eigenvalue weighted by Crippen LogP contribution is 2.29. The quantitative estimate of drug-likeness (QED) is 0.703. The molecule has 6 nitrogen and oxygen atoms in total. The number of amides is 2. The van der Waals surface area contributed by atoms with Crippen LogP contribution in [0.3, 0.4) is 0 Å². The number of ether oxygens (including phenoxy) is 2. The van der Waals surface area contributed by atoms with Crippen molar-refractivity contribution in [2.24, 2.45) is 0 Å². The minimum Gasteiger partial charge on any atom is -0.497 e. The fourth-order valence-electron chi connectivity index (χ4n) is 2.94. The third-order valence-corrected chi connectivity index (χ3v) is 4.30. The van der Waals surface area contributed by atoms with E-state index in [4.69, 9.17) is 9.47 Å². The van der Waals surface area contributed by atoms with Gasteiger partial charge in [-0.3, -0.25) is 9.59 Å². The SMILES string of the molecule is CCCN(CCC)C(=O)c1cccc(C(=O)Nc2cc(OC)ccc2OC)c1. The van der Waals surface area contributed by atoms with Gasteiger partial charge in [-0.2, -0.15) is 0 Å². The lowest BCUT2D eigenvalue weighted by atomic mass is 10.1. The molecule has 0 fully saturated rings. The summed E-state index contributed by atoms with van der Waals surface area (Å²) in [6, 6.07) is 11.9. The molecule has 0 spiro atoms. The van der Waals surface area contributed by atoms with Crippen molar-refractivity contribution in [1.82, 2.24) is 4.90 Å². The van der Waals surface area contributed by atoms with Gasteiger partial charge < -0.3 is 19.7 Å². The summed E-state index contributed by atoms with van der Waals surface area (Å²) >= 11 is 0. The first-order valence-electron chi connectivity index (χ1n) is 9.46. The zero-order chi connectivity index (χ0) is 20.5. The molecule has 0 aromatic heterocycles. The molecule has 2 aromatic rings. The Morgan fingerprint density at radius 1 is 0.929 bits per heavy atom. The van der Waals surface area contributed by atoms with Crippen LogP contribution in [0, 0.1) is 0 Å². The largest absolute Gasteiger partial charge is 0.497 e. The van der Waals surface area contributed by atoms with Crippen molar-refractivity contribution < 1.29 is 19.1 Å². The van der Waals surface area contributed by atoms with E-state index in [2.05, 4.69) is 5.32 Å². The monoisotopic (exact) mass is 384 g/mol. The van der Waals surface area contributed by atoms with E-state index in [0.29, 0.717) is 41.4 Å². The molecule has 0 aliphatic rings. The highest BCUT2D eigenvalue weighted by Gasteiger charge is 2.17. The number of nitrogens with one attached hydrogen (secondary N) is 1. The summed E-state index contributed by atoms with van der Waals surface area (Å²) in [4.78, 5) is 27.4. The number of anilines is 1. The molecule has 2 amide bonds. The molecule has 0 aliphatic carbocycles. The molecule has 28 heavy (non-hydrogen) atoms. The van der Waals surface area contributed by atoms with Gasteiger partial charge in [-0.15, -0.1) is 0 Å². The summed E-state index contributed by atoms with van der Waals surface area (Å²) in [5.41, 5.74) is 1.41. The molecular formula is C22H28N2O4. The molecule has 0 atom stereocenters. The van der Waals surface area contributed by atoms with Gasteiger partial charge in [0.2, 0.25) is 0 Å². The first-order valence-corrected chi connectivity index (χ1v) is 9.46. The smallest absolute Gasteiger partial charge is 0.255 e. The lowest BCUT2D eigenvalue weighted by molar-refractivity contribution is 0.0755. The average Bonchev–Trinajstić information content (AvgIpc) is 2.73. The number of rotatable bonds is 9. The highest BCUT2D eigenvalue weighted by atomic mass is 16.5. The Hall–Kier alpha value is -3.02. The molecule has 1 N–H and O–H groups in total. The van der Waals surface area contributed by atoms with E-state index < -0.39 is 0 Å². The second-order valence-electron chi connectivity index (χ2n) is 6.39. The molecule has 0 radical (unpaired) electrons. The zero-order valence-corrected chi connectivity index (χ0v) is 17.0. The summed E-state index contributed by atoms with van der Waals surface area (Å²) in [5.74, 6) is 0.754. The van der Waals surface area contributed by atoms with Crippen LogP contribution in [0.15, 0.2) is 42.5 Å². The van der Waals surface area contributed by atoms with E-state index in [-0.39, 0.29) is 11.8 Å². The van der Waals surface area contributed by atoms with Crippen LogP contribution in [-0.2, 0) is 0 Å². The van der Waals surface area contributed by atoms with E-state index >= 15 is 0 Å². The Morgan fingerprint density at radius 3 is 2.21 bits per heavy atom. The standard InChI is InChI=1S/C22H28N2O4/c1-5-12-24(13-6-2)22(26)17-9-7-8-16(14-17)21(25)23-19-15-18(27-3)10-11-20(19)28-4/h7-11,14-15H,5-6,12-13H2,1-4H3,(H,23,25). The molecular weight excluding hydrogens is 356 g/mol. The van der Waals surface area contributed by atoms with Crippen molar-refractivity contribution in [2.45, 2.75) is 26.7 Å². The van der Waals surface area contributed by atoms with E-state index in [1.54, 1.807) is 49.6 Å². The Bertz CT molecular complexity index is 814. The first kappa shape index (κ1) is 21.3. The minimum atomic E-state index is -0.321. The van der Waals surface area contributed by atoms with Gasteiger partial charge in [-0.1, -0.05) is 19.9 Å². The maximum Gasteiger partial charge on any atom is 0.255 e. The number of hydrogen-bond acceptors (Lipinski definition) is 4. The molecule has 0 aliphatic heterocycles. The van der Waals surface area contributed by atoms with Crippen LogP contribution >= 0.6 is 0 Å². The van der Waals surface area contributed by atoms with Crippen LogP contribution in [0.25, 0.3) is 0 Å². The zero-order valence-electron chi connectivity index (χ0n) is 17.0. The number of hydrogen-bond donors (Lipinski definition) is 1. The summed E-state index contributed by atoms with van der Waals surface area (Å²) < 4.78 is 10.5. The Balaban J connectivity index is 2.24. The van der Waals surface area contributed by atoms with Crippen molar-refractivity contribution in [2.75, 3.05) is 32.6 Å². The molecule has 0 unspecified atom stereocenters. The Kier molecular flexibility index (Phi) is 7.87. The van der Waals surface area contributed by atoms with Crippen LogP contribution in [0.5, 0.6) is 11.5 Å². The predicted molar refractivity (Wildman–Crippen MR) is 110 cm³/mol. The lowest BCUT2D eigenvalue weighted by Gasteiger charge is -2.21. The predicted octanol–water partition coefficient (Wildman–Crippen LogP) is 4.22. The number of methoxy groups -OCH3 is 2. The number of carbonyl (C=O) groups is 2. The van der Waals surface area contributed by atoms with Crippen LogP contribution < -0.4 is 14.8 Å². The van der Waals surface area contributed by atoms with E-state index in [9.17, 15) is 9.59 Å². The van der Waals surface area contributed by atoms with Gasteiger partial charge in [0.05, 0.1) is 19.9 Å². The van der Waals surface area contributed by atoms with Crippen LogP contribution in [0.1, 0.15) is 47.4 Å². The lowest BCUT2D eigenvalue weighted by Crippen LogP contribution is -2.32. The van der Waals surface area contributed by atoms with Gasteiger partial charge in [0.15, 0.2) is 0 Å². The molecule has 0 saturated heterocycles. The average molecular weight is 384 g/mol. The van der Waals surface area contributed by atoms with Crippen LogP contribution in [0.4, 0.5) is 5.69 Å². The fourth-order valence-corrected chi connectivity index (χ4v) is 2.94. The van der Waals surface area contributed by atoms with Crippen LogP contribution in [-0.4, -0.2) is 44.0 Å². The van der Waals surface area contributed by atoms with Gasteiger partial charge in [-0.05, 0) is 43.2 Å². The third-order valence-electron chi connectivity index (χ3n) is 4.30. The van der Waals surface area contributed by atoms with Gasteiger partial charge in [0, 0.05) is 30.3 Å². The van der Waals surface area contributed by atoms with Crippen molar-refractivity contribution in [3.8, 4) is 11.5 Å². The van der Waals surface area contributed by atoms with E-state index in [1.165, 1.54) is 7.11 Å². The minimum absolute atomic E-state index is 0.0580. The van der Waals surface area contributed by atoms with Crippen molar-refractivity contribution in [1.29, 1.82) is 0 Å². The van der Waals surface area contributed by atoms with Gasteiger partial charge in [-0.25, -0.2) is 0 Å². The number of benzene rings is 2.